The average molecular weight is 284 g/mol. The zero-order valence-electron chi connectivity index (χ0n) is 11.9. The van der Waals surface area contributed by atoms with E-state index >= 15 is 0 Å². The van der Waals surface area contributed by atoms with Gasteiger partial charge in [0.15, 0.2) is 0 Å². The molecule has 1 saturated heterocycles. The molecule has 3 atom stereocenters. The van der Waals surface area contributed by atoms with Crippen LogP contribution >= 0.6 is 0 Å². The average Bonchev–Trinajstić information content (AvgIpc) is 2.48. The smallest absolute Gasteiger partial charge is 0.0901 e. The molecule has 0 spiro atoms. The van der Waals surface area contributed by atoms with Crippen LogP contribution in [0.5, 0.6) is 0 Å². The Morgan fingerprint density at radius 3 is 2.33 bits per heavy atom. The number of aliphatic hydroxyl groups excluding tert-OH is 1. The standard InChI is InChI=1S/C18H20O3/c19-17(13-20-11-14-7-3-1-4-8-14)16-12-21-18(16)15-9-5-2-6-10-15/h1-10,16-19H,11-13H2/t16-,17?,18-/m0/s1. The number of benzene rings is 2. The highest BCUT2D eigenvalue weighted by atomic mass is 16.5. The zero-order valence-corrected chi connectivity index (χ0v) is 11.9. The van der Waals surface area contributed by atoms with E-state index in [9.17, 15) is 5.11 Å². The molecule has 1 N–H and O–H groups in total. The summed E-state index contributed by atoms with van der Waals surface area (Å²) in [4.78, 5) is 0. The van der Waals surface area contributed by atoms with Crippen LogP contribution in [0.3, 0.4) is 0 Å². The van der Waals surface area contributed by atoms with Gasteiger partial charge in [0, 0.05) is 5.92 Å². The van der Waals surface area contributed by atoms with Crippen molar-refractivity contribution in [3.8, 4) is 0 Å². The van der Waals surface area contributed by atoms with E-state index < -0.39 is 6.10 Å². The third kappa shape index (κ3) is 3.50. The second-order valence-electron chi connectivity index (χ2n) is 5.40. The number of hydrogen-bond donors (Lipinski definition) is 1. The monoisotopic (exact) mass is 284 g/mol. The van der Waals surface area contributed by atoms with Crippen molar-refractivity contribution in [3.05, 3.63) is 71.8 Å². The second-order valence-corrected chi connectivity index (χ2v) is 5.40. The fourth-order valence-electron chi connectivity index (χ4n) is 2.60. The van der Waals surface area contributed by atoms with E-state index in [-0.39, 0.29) is 12.0 Å². The molecule has 1 unspecified atom stereocenters. The predicted octanol–water partition coefficient (Wildman–Crippen LogP) is 2.95. The second kappa shape index (κ2) is 6.85. The van der Waals surface area contributed by atoms with Crippen LogP contribution in [0.15, 0.2) is 60.7 Å². The van der Waals surface area contributed by atoms with Crippen molar-refractivity contribution in [1.29, 1.82) is 0 Å². The number of ether oxygens (including phenoxy) is 2. The molecule has 1 aliphatic heterocycles. The Morgan fingerprint density at radius 1 is 1.05 bits per heavy atom. The molecule has 0 aliphatic carbocycles. The highest BCUT2D eigenvalue weighted by Gasteiger charge is 2.38. The van der Waals surface area contributed by atoms with Crippen molar-refractivity contribution in [2.24, 2.45) is 5.92 Å². The lowest BCUT2D eigenvalue weighted by Crippen LogP contribution is -2.43. The maximum atomic E-state index is 10.3. The van der Waals surface area contributed by atoms with E-state index in [4.69, 9.17) is 9.47 Å². The summed E-state index contributed by atoms with van der Waals surface area (Å²) >= 11 is 0. The Balaban J connectivity index is 1.48. The van der Waals surface area contributed by atoms with Crippen molar-refractivity contribution < 1.29 is 14.6 Å². The minimum Gasteiger partial charge on any atom is -0.390 e. The minimum absolute atomic E-state index is 0.0125. The summed E-state index contributed by atoms with van der Waals surface area (Å²) in [5, 5.41) is 10.3. The first-order chi connectivity index (χ1) is 10.3. The molecular formula is C18H20O3. The Morgan fingerprint density at radius 2 is 1.71 bits per heavy atom. The first kappa shape index (κ1) is 14.3. The van der Waals surface area contributed by atoms with E-state index in [1.165, 1.54) is 0 Å². The molecule has 0 amide bonds. The molecule has 110 valence electrons. The van der Waals surface area contributed by atoms with Crippen molar-refractivity contribution in [2.75, 3.05) is 13.2 Å². The van der Waals surface area contributed by atoms with E-state index in [0.717, 1.165) is 11.1 Å². The molecule has 3 rings (SSSR count). The van der Waals surface area contributed by atoms with Gasteiger partial charge in [-0.1, -0.05) is 60.7 Å². The van der Waals surface area contributed by atoms with E-state index in [0.29, 0.717) is 19.8 Å². The van der Waals surface area contributed by atoms with Gasteiger partial charge in [0.2, 0.25) is 0 Å². The highest BCUT2D eigenvalue weighted by molar-refractivity contribution is 5.20. The molecule has 1 aliphatic rings. The number of aliphatic hydroxyl groups is 1. The molecular weight excluding hydrogens is 264 g/mol. The molecule has 0 bridgehead atoms. The van der Waals surface area contributed by atoms with Crippen LogP contribution < -0.4 is 0 Å². The van der Waals surface area contributed by atoms with Crippen molar-refractivity contribution >= 4 is 0 Å². The van der Waals surface area contributed by atoms with Gasteiger partial charge in [-0.3, -0.25) is 0 Å². The lowest BCUT2D eigenvalue weighted by Gasteiger charge is -2.40. The van der Waals surface area contributed by atoms with Gasteiger partial charge in [-0.15, -0.1) is 0 Å². The summed E-state index contributed by atoms with van der Waals surface area (Å²) in [6.07, 6.45) is -0.505. The molecule has 1 heterocycles. The molecule has 3 heteroatoms. The largest absolute Gasteiger partial charge is 0.390 e. The van der Waals surface area contributed by atoms with Crippen LogP contribution in [-0.4, -0.2) is 24.4 Å². The van der Waals surface area contributed by atoms with Gasteiger partial charge in [0.25, 0.3) is 0 Å². The summed E-state index contributed by atoms with van der Waals surface area (Å²) in [7, 11) is 0. The van der Waals surface area contributed by atoms with Gasteiger partial charge >= 0.3 is 0 Å². The van der Waals surface area contributed by atoms with Gasteiger partial charge in [0.1, 0.15) is 0 Å². The molecule has 2 aromatic carbocycles. The van der Waals surface area contributed by atoms with Gasteiger partial charge in [0.05, 0.1) is 32.0 Å². The van der Waals surface area contributed by atoms with E-state index in [1.54, 1.807) is 0 Å². The van der Waals surface area contributed by atoms with Crippen LogP contribution in [0.25, 0.3) is 0 Å². The van der Waals surface area contributed by atoms with Crippen LogP contribution in [0.4, 0.5) is 0 Å². The normalized spacial score (nSPS) is 22.5. The quantitative estimate of drug-likeness (QED) is 0.886. The molecule has 0 saturated carbocycles. The Bertz CT molecular complexity index is 541. The molecule has 0 aromatic heterocycles. The third-order valence-corrected chi connectivity index (χ3v) is 3.88. The molecule has 0 radical (unpaired) electrons. The lowest BCUT2D eigenvalue weighted by atomic mass is 9.87. The fraction of sp³-hybridized carbons (Fsp3) is 0.333. The first-order valence-electron chi connectivity index (χ1n) is 7.31. The van der Waals surface area contributed by atoms with Crippen molar-refractivity contribution in [1.82, 2.24) is 0 Å². The molecule has 3 nitrogen and oxygen atoms in total. The van der Waals surface area contributed by atoms with Crippen LogP contribution in [0, 0.1) is 5.92 Å². The highest BCUT2D eigenvalue weighted by Crippen LogP contribution is 2.37. The number of hydrogen-bond acceptors (Lipinski definition) is 3. The van der Waals surface area contributed by atoms with Gasteiger partial charge in [-0.05, 0) is 11.1 Å². The van der Waals surface area contributed by atoms with Gasteiger partial charge < -0.3 is 14.6 Å². The minimum atomic E-state index is -0.493. The SMILES string of the molecule is OC(COCc1ccccc1)[C@@H]1CO[C@H]1c1ccccc1. The maximum absolute atomic E-state index is 10.3. The summed E-state index contributed by atoms with van der Waals surface area (Å²) < 4.78 is 11.2. The maximum Gasteiger partial charge on any atom is 0.0901 e. The van der Waals surface area contributed by atoms with Crippen LogP contribution in [-0.2, 0) is 16.1 Å². The topological polar surface area (TPSA) is 38.7 Å². The lowest BCUT2D eigenvalue weighted by molar-refractivity contribution is -0.173. The Hall–Kier alpha value is -1.68. The molecule has 21 heavy (non-hydrogen) atoms. The van der Waals surface area contributed by atoms with E-state index in [2.05, 4.69) is 0 Å². The summed E-state index contributed by atoms with van der Waals surface area (Å²) in [5.41, 5.74) is 2.24. The molecule has 2 aromatic rings. The van der Waals surface area contributed by atoms with Crippen molar-refractivity contribution in [2.45, 2.75) is 18.8 Å². The van der Waals surface area contributed by atoms with Gasteiger partial charge in [-0.25, -0.2) is 0 Å². The predicted molar refractivity (Wildman–Crippen MR) is 80.7 cm³/mol. The summed E-state index contributed by atoms with van der Waals surface area (Å²) in [5.74, 6) is 0.114. The molecule has 1 fully saturated rings. The van der Waals surface area contributed by atoms with E-state index in [1.807, 2.05) is 60.7 Å². The van der Waals surface area contributed by atoms with Crippen LogP contribution in [0.2, 0.25) is 0 Å². The summed E-state index contributed by atoms with van der Waals surface area (Å²) in [6, 6.07) is 20.0. The van der Waals surface area contributed by atoms with Gasteiger partial charge in [-0.2, -0.15) is 0 Å². The number of rotatable bonds is 6. The van der Waals surface area contributed by atoms with Crippen molar-refractivity contribution in [3.63, 3.8) is 0 Å². The third-order valence-electron chi connectivity index (χ3n) is 3.88. The zero-order chi connectivity index (χ0) is 14.5. The Kier molecular flexibility index (Phi) is 4.65. The Labute approximate surface area is 125 Å². The first-order valence-corrected chi connectivity index (χ1v) is 7.31. The van der Waals surface area contributed by atoms with Crippen LogP contribution in [0.1, 0.15) is 17.2 Å². The summed E-state index contributed by atoms with van der Waals surface area (Å²) in [6.45, 7) is 1.46. The fourth-order valence-corrected chi connectivity index (χ4v) is 2.60.